The van der Waals surface area contributed by atoms with Gasteiger partial charge in [0.1, 0.15) is 15.4 Å². The number of halogens is 1. The first-order chi connectivity index (χ1) is 21.3. The first kappa shape index (κ1) is 33.6. The second-order valence-corrected chi connectivity index (χ2v) is 15.0. The van der Waals surface area contributed by atoms with Crippen molar-refractivity contribution in [1.29, 1.82) is 0 Å². The Hall–Kier alpha value is -2.76. The number of benzene rings is 2. The molecule has 244 valence electrons. The molecule has 2 unspecified atom stereocenters. The average molecular weight is 657 g/mol. The van der Waals surface area contributed by atoms with Crippen molar-refractivity contribution in [2.45, 2.75) is 62.6 Å². The Morgan fingerprint density at radius 1 is 1.02 bits per heavy atom. The number of rotatable bonds is 9. The van der Waals surface area contributed by atoms with Gasteiger partial charge in [0.2, 0.25) is 0 Å². The van der Waals surface area contributed by atoms with Crippen LogP contribution in [0, 0.1) is 5.92 Å². The van der Waals surface area contributed by atoms with Crippen LogP contribution >= 0.6 is 12.4 Å². The molecule has 3 heterocycles. The minimum atomic E-state index is -2.93. The maximum absolute atomic E-state index is 14.3. The average Bonchev–Trinajstić information content (AvgIpc) is 3.48. The molecule has 2 aromatic carbocycles. The van der Waals surface area contributed by atoms with Gasteiger partial charge < -0.3 is 24.6 Å². The molecular formula is C34H45ClN4O5S. The van der Waals surface area contributed by atoms with Gasteiger partial charge in [0, 0.05) is 37.8 Å². The number of carbonyl (C=O) groups is 1. The summed E-state index contributed by atoms with van der Waals surface area (Å²) < 4.78 is 31.9. The molecule has 11 heteroatoms. The molecular weight excluding hydrogens is 612 g/mol. The molecule has 0 spiro atoms. The number of hydrogen-bond donors (Lipinski definition) is 2. The molecule has 3 aromatic rings. The minimum absolute atomic E-state index is 0. The summed E-state index contributed by atoms with van der Waals surface area (Å²) >= 11 is 0. The maximum atomic E-state index is 14.3. The van der Waals surface area contributed by atoms with Gasteiger partial charge in [-0.15, -0.1) is 12.4 Å². The Balaban J connectivity index is 0.00000400. The highest BCUT2D eigenvalue weighted by Crippen LogP contribution is 2.41. The van der Waals surface area contributed by atoms with E-state index in [2.05, 4.69) is 17.4 Å². The first-order valence-electron chi connectivity index (χ1n) is 16.0. The van der Waals surface area contributed by atoms with Gasteiger partial charge in [-0.3, -0.25) is 4.79 Å². The van der Waals surface area contributed by atoms with Gasteiger partial charge in [-0.25, -0.2) is 13.4 Å². The Kier molecular flexibility index (Phi) is 11.0. The number of imidazole rings is 1. The van der Waals surface area contributed by atoms with E-state index in [0.717, 1.165) is 43.5 Å². The van der Waals surface area contributed by atoms with Crippen molar-refractivity contribution in [3.05, 3.63) is 78.2 Å². The zero-order valence-electron chi connectivity index (χ0n) is 25.7. The van der Waals surface area contributed by atoms with E-state index >= 15 is 0 Å². The summed E-state index contributed by atoms with van der Waals surface area (Å²) in [4.78, 5) is 21.1. The van der Waals surface area contributed by atoms with Crippen molar-refractivity contribution in [2.75, 3.05) is 44.4 Å². The molecule has 2 saturated heterocycles. The standard InChI is InChI=1S/C34H44N4O5S.ClH/c39-33(37-18-17-35-22-29(37)21-26-9-3-1-4-10-26)31-32(28-11-5-2-6-12-28)38(25-36-31)30-13-7-8-16-34(30,40)24-43-23-27-14-19-44(41,42)20-15-27;/h1-6,9-12,25,27,29-30,35,40H,7-8,13-24H2;1H/t29-,30?,34?;/m1./s1. The van der Waals surface area contributed by atoms with Crippen molar-refractivity contribution in [3.63, 3.8) is 0 Å². The van der Waals surface area contributed by atoms with E-state index in [9.17, 15) is 18.3 Å². The van der Waals surface area contributed by atoms with Gasteiger partial charge >= 0.3 is 0 Å². The SMILES string of the molecule is Cl.O=C(c1ncn(C2CCCCC2(O)COCC2CCS(=O)(=O)CC2)c1-c1ccccc1)N1CCNC[C@H]1Cc1ccccc1. The van der Waals surface area contributed by atoms with E-state index in [-0.39, 0.29) is 54.4 Å². The third-order valence-electron chi connectivity index (χ3n) is 9.64. The van der Waals surface area contributed by atoms with Crippen molar-refractivity contribution < 1.29 is 23.1 Å². The van der Waals surface area contributed by atoms with Crippen LogP contribution in [0.2, 0.25) is 0 Å². The molecule has 9 nitrogen and oxygen atoms in total. The van der Waals surface area contributed by atoms with Crippen LogP contribution in [0.15, 0.2) is 67.0 Å². The molecule has 6 rings (SSSR count). The Morgan fingerprint density at radius 2 is 1.73 bits per heavy atom. The molecule has 1 saturated carbocycles. The van der Waals surface area contributed by atoms with E-state index in [0.29, 0.717) is 44.7 Å². The second kappa shape index (κ2) is 14.8. The van der Waals surface area contributed by atoms with Crippen LogP contribution in [-0.4, -0.2) is 89.9 Å². The number of aromatic nitrogens is 2. The highest BCUT2D eigenvalue weighted by atomic mass is 35.5. The van der Waals surface area contributed by atoms with Gasteiger partial charge in [-0.05, 0) is 43.6 Å². The molecule has 0 radical (unpaired) electrons. The van der Waals surface area contributed by atoms with Crippen LogP contribution in [0.3, 0.4) is 0 Å². The third-order valence-corrected chi connectivity index (χ3v) is 11.4. The van der Waals surface area contributed by atoms with Crippen molar-refractivity contribution >= 4 is 28.2 Å². The highest BCUT2D eigenvalue weighted by Gasteiger charge is 2.43. The lowest BCUT2D eigenvalue weighted by molar-refractivity contribution is -0.104. The van der Waals surface area contributed by atoms with Crippen LogP contribution in [0.1, 0.15) is 60.6 Å². The Morgan fingerprint density at radius 3 is 2.47 bits per heavy atom. The minimum Gasteiger partial charge on any atom is -0.385 e. The summed E-state index contributed by atoms with van der Waals surface area (Å²) in [6, 6.07) is 19.8. The smallest absolute Gasteiger partial charge is 0.275 e. The third kappa shape index (κ3) is 7.80. The number of ether oxygens (including phenoxy) is 1. The van der Waals surface area contributed by atoms with Gasteiger partial charge in [-0.1, -0.05) is 73.5 Å². The second-order valence-electron chi connectivity index (χ2n) is 12.7. The predicted octanol–water partition coefficient (Wildman–Crippen LogP) is 4.32. The highest BCUT2D eigenvalue weighted by molar-refractivity contribution is 7.91. The zero-order valence-corrected chi connectivity index (χ0v) is 27.4. The normalized spacial score (nSPS) is 25.4. The van der Waals surface area contributed by atoms with Crippen LogP contribution in [0.4, 0.5) is 0 Å². The fraction of sp³-hybridized carbons (Fsp3) is 0.529. The van der Waals surface area contributed by atoms with Crippen molar-refractivity contribution in [1.82, 2.24) is 19.8 Å². The summed E-state index contributed by atoms with van der Waals surface area (Å²) in [5.74, 6) is 0.510. The lowest BCUT2D eigenvalue weighted by Gasteiger charge is -2.41. The molecule has 3 atom stereocenters. The molecule has 1 aromatic heterocycles. The van der Waals surface area contributed by atoms with E-state index < -0.39 is 15.4 Å². The Bertz CT molecular complexity index is 1510. The lowest BCUT2D eigenvalue weighted by atomic mass is 9.80. The lowest BCUT2D eigenvalue weighted by Crippen LogP contribution is -2.54. The zero-order chi connectivity index (χ0) is 30.6. The monoisotopic (exact) mass is 656 g/mol. The van der Waals surface area contributed by atoms with Crippen LogP contribution in [-0.2, 0) is 21.0 Å². The number of amides is 1. The number of piperazine rings is 1. The van der Waals surface area contributed by atoms with Crippen molar-refractivity contribution in [3.8, 4) is 11.3 Å². The molecule has 1 amide bonds. The first-order valence-corrected chi connectivity index (χ1v) is 17.8. The fourth-order valence-corrected chi connectivity index (χ4v) is 8.74. The fourth-order valence-electron chi connectivity index (χ4n) is 7.15. The molecule has 1 aliphatic carbocycles. The molecule has 2 N–H and O–H groups in total. The molecule has 45 heavy (non-hydrogen) atoms. The number of hydrogen-bond acceptors (Lipinski definition) is 7. The van der Waals surface area contributed by atoms with E-state index in [1.165, 1.54) is 5.56 Å². The van der Waals surface area contributed by atoms with E-state index in [4.69, 9.17) is 9.72 Å². The van der Waals surface area contributed by atoms with Crippen LogP contribution in [0.25, 0.3) is 11.3 Å². The quantitative estimate of drug-likeness (QED) is 0.353. The number of nitrogens with one attached hydrogen (secondary N) is 1. The molecule has 3 aliphatic rings. The predicted molar refractivity (Wildman–Crippen MR) is 177 cm³/mol. The van der Waals surface area contributed by atoms with Gasteiger partial charge in [0.15, 0.2) is 5.69 Å². The Labute approximate surface area is 272 Å². The van der Waals surface area contributed by atoms with Gasteiger partial charge in [0.25, 0.3) is 5.91 Å². The molecule has 2 aliphatic heterocycles. The molecule has 0 bridgehead atoms. The summed E-state index contributed by atoms with van der Waals surface area (Å²) in [5.41, 5.74) is 2.09. The summed E-state index contributed by atoms with van der Waals surface area (Å²) in [6.45, 7) is 2.64. The summed E-state index contributed by atoms with van der Waals surface area (Å²) in [5, 5.41) is 15.6. The van der Waals surface area contributed by atoms with Crippen molar-refractivity contribution in [2.24, 2.45) is 5.92 Å². The van der Waals surface area contributed by atoms with Gasteiger partial charge in [-0.2, -0.15) is 0 Å². The van der Waals surface area contributed by atoms with Crippen LogP contribution in [0.5, 0.6) is 0 Å². The largest absolute Gasteiger partial charge is 0.385 e. The van der Waals surface area contributed by atoms with Crippen LogP contribution < -0.4 is 5.32 Å². The number of aliphatic hydroxyl groups is 1. The number of sulfone groups is 1. The number of carbonyl (C=O) groups excluding carboxylic acids is 1. The van der Waals surface area contributed by atoms with Gasteiger partial charge in [0.05, 0.1) is 36.2 Å². The molecule has 3 fully saturated rings. The number of nitrogens with zero attached hydrogens (tertiary/aromatic N) is 3. The summed E-state index contributed by atoms with van der Waals surface area (Å²) in [6.07, 6.45) is 6.88. The van der Waals surface area contributed by atoms with E-state index in [1.54, 1.807) is 6.33 Å². The topological polar surface area (TPSA) is 114 Å². The maximum Gasteiger partial charge on any atom is 0.275 e. The van der Waals surface area contributed by atoms with E-state index in [1.807, 2.05) is 58.0 Å². The summed E-state index contributed by atoms with van der Waals surface area (Å²) in [7, 11) is -2.93.